The molecule has 0 fully saturated rings. The van der Waals surface area contributed by atoms with Gasteiger partial charge in [0.1, 0.15) is 12.4 Å². The highest BCUT2D eigenvalue weighted by molar-refractivity contribution is 5.85. The van der Waals surface area contributed by atoms with Gasteiger partial charge in [-0.15, -0.1) is 0 Å². The Morgan fingerprint density at radius 3 is 2.42 bits per heavy atom. The molecular formula is C26H27N5O5. The number of fused-ring (bicyclic) bond motifs is 1. The zero-order valence-electron chi connectivity index (χ0n) is 20.5. The molecule has 0 unspecified atom stereocenters. The lowest BCUT2D eigenvalue weighted by Gasteiger charge is -2.23. The predicted octanol–water partition coefficient (Wildman–Crippen LogP) is 4.50. The van der Waals surface area contributed by atoms with E-state index in [2.05, 4.69) is 20.3 Å². The predicted molar refractivity (Wildman–Crippen MR) is 137 cm³/mol. The minimum Gasteiger partial charge on any atom is -0.493 e. The summed E-state index contributed by atoms with van der Waals surface area (Å²) in [7, 11) is 4.63. The van der Waals surface area contributed by atoms with Crippen LogP contribution in [-0.2, 0) is 9.53 Å². The summed E-state index contributed by atoms with van der Waals surface area (Å²) in [5, 5.41) is 4.10. The maximum absolute atomic E-state index is 12.5. The van der Waals surface area contributed by atoms with Crippen LogP contribution in [-0.4, -0.2) is 55.4 Å². The molecule has 10 nitrogen and oxygen atoms in total. The van der Waals surface area contributed by atoms with Crippen molar-refractivity contribution >= 4 is 40.0 Å². The molecule has 0 bridgehead atoms. The number of hydrogen-bond acceptors (Lipinski definition) is 10. The molecule has 0 aliphatic heterocycles. The highest BCUT2D eigenvalue weighted by Crippen LogP contribution is 2.40. The first-order valence-corrected chi connectivity index (χ1v) is 11.2. The minimum absolute atomic E-state index is 0.0471. The van der Waals surface area contributed by atoms with E-state index >= 15 is 0 Å². The third-order valence-electron chi connectivity index (χ3n) is 5.32. The summed E-state index contributed by atoms with van der Waals surface area (Å²) < 4.78 is 21.4. The quantitative estimate of drug-likeness (QED) is 0.320. The van der Waals surface area contributed by atoms with Crippen LogP contribution in [0, 0.1) is 0 Å². The van der Waals surface area contributed by atoms with Crippen molar-refractivity contribution in [1.29, 1.82) is 0 Å². The average Bonchev–Trinajstić information content (AvgIpc) is 2.91. The number of esters is 1. The number of nitrogens with one attached hydrogen (secondary N) is 1. The summed E-state index contributed by atoms with van der Waals surface area (Å²) in [6.07, 6.45) is 3.31. The number of carbonyl (C=O) groups excluding carboxylic acids is 1. The van der Waals surface area contributed by atoms with E-state index in [9.17, 15) is 4.79 Å². The molecule has 0 spiro atoms. The lowest BCUT2D eigenvalue weighted by Crippen LogP contribution is -2.28. The molecule has 2 heterocycles. The molecular weight excluding hydrogens is 462 g/mol. The van der Waals surface area contributed by atoms with Crippen LogP contribution in [0.4, 0.5) is 23.1 Å². The number of anilines is 4. The van der Waals surface area contributed by atoms with Gasteiger partial charge in [0.25, 0.3) is 0 Å². The summed E-state index contributed by atoms with van der Waals surface area (Å²) in [6, 6.07) is 14.9. The van der Waals surface area contributed by atoms with Gasteiger partial charge in [-0.05, 0) is 25.1 Å². The summed E-state index contributed by atoms with van der Waals surface area (Å²) in [5.41, 5.74) is 2.18. The number of benzene rings is 2. The summed E-state index contributed by atoms with van der Waals surface area (Å²) in [6.45, 7) is 2.00. The number of hydrogen-bond donors (Lipinski definition) is 1. The van der Waals surface area contributed by atoms with Gasteiger partial charge < -0.3 is 29.2 Å². The van der Waals surface area contributed by atoms with Gasteiger partial charge in [-0.1, -0.05) is 18.2 Å². The van der Waals surface area contributed by atoms with E-state index < -0.39 is 0 Å². The molecule has 2 aromatic heterocycles. The maximum Gasteiger partial charge on any atom is 0.326 e. The topological polar surface area (TPSA) is 108 Å². The fourth-order valence-electron chi connectivity index (χ4n) is 3.69. The third-order valence-corrected chi connectivity index (χ3v) is 5.32. The van der Waals surface area contributed by atoms with E-state index in [4.69, 9.17) is 18.9 Å². The molecule has 0 aliphatic rings. The first kappa shape index (κ1) is 24.5. The van der Waals surface area contributed by atoms with E-state index in [1.165, 1.54) is 0 Å². The van der Waals surface area contributed by atoms with E-state index in [1.807, 2.05) is 30.3 Å². The van der Waals surface area contributed by atoms with E-state index in [-0.39, 0.29) is 19.1 Å². The molecule has 0 radical (unpaired) electrons. The molecule has 36 heavy (non-hydrogen) atoms. The van der Waals surface area contributed by atoms with Crippen molar-refractivity contribution in [2.24, 2.45) is 0 Å². The molecule has 0 aliphatic carbocycles. The lowest BCUT2D eigenvalue weighted by molar-refractivity contribution is -0.141. The van der Waals surface area contributed by atoms with Crippen LogP contribution in [0.5, 0.6) is 17.2 Å². The largest absolute Gasteiger partial charge is 0.493 e. The van der Waals surface area contributed by atoms with Gasteiger partial charge in [0, 0.05) is 29.4 Å². The van der Waals surface area contributed by atoms with Crippen molar-refractivity contribution < 1.29 is 23.7 Å². The van der Waals surface area contributed by atoms with Gasteiger partial charge in [-0.2, -0.15) is 4.98 Å². The van der Waals surface area contributed by atoms with Crippen LogP contribution in [0.15, 0.2) is 60.9 Å². The second-order valence-corrected chi connectivity index (χ2v) is 7.55. The molecule has 186 valence electrons. The third kappa shape index (κ3) is 5.38. The molecule has 1 N–H and O–H groups in total. The van der Waals surface area contributed by atoms with E-state index in [0.29, 0.717) is 40.4 Å². The van der Waals surface area contributed by atoms with Crippen LogP contribution in [0.25, 0.3) is 10.9 Å². The van der Waals surface area contributed by atoms with Crippen LogP contribution in [0.1, 0.15) is 6.92 Å². The lowest BCUT2D eigenvalue weighted by atomic mass is 10.2. The number of para-hydroxylation sites is 1. The Morgan fingerprint density at radius 2 is 1.72 bits per heavy atom. The SMILES string of the molecule is CCOC(=O)CN(c1cnc2ccccc2c1)c1ccnc(Nc2cc(OC)c(OC)c(OC)c2)n1. The number of pyridine rings is 1. The number of rotatable bonds is 10. The summed E-state index contributed by atoms with van der Waals surface area (Å²) >= 11 is 0. The second kappa shape index (κ2) is 11.2. The fraction of sp³-hybridized carbons (Fsp3) is 0.231. The number of aromatic nitrogens is 3. The van der Waals surface area contributed by atoms with Crippen molar-refractivity contribution in [3.63, 3.8) is 0 Å². The average molecular weight is 490 g/mol. The molecule has 0 saturated carbocycles. The van der Waals surface area contributed by atoms with Gasteiger partial charge in [-0.25, -0.2) is 4.98 Å². The Hall–Kier alpha value is -4.60. The maximum atomic E-state index is 12.5. The summed E-state index contributed by atoms with van der Waals surface area (Å²) in [5.74, 6) is 1.87. The fourth-order valence-corrected chi connectivity index (χ4v) is 3.69. The zero-order valence-corrected chi connectivity index (χ0v) is 20.5. The number of methoxy groups -OCH3 is 3. The van der Waals surface area contributed by atoms with E-state index in [0.717, 1.165) is 10.9 Å². The van der Waals surface area contributed by atoms with Gasteiger partial charge in [-0.3, -0.25) is 9.78 Å². The van der Waals surface area contributed by atoms with Gasteiger partial charge in [0.2, 0.25) is 11.7 Å². The Morgan fingerprint density at radius 1 is 0.972 bits per heavy atom. The second-order valence-electron chi connectivity index (χ2n) is 7.55. The Balaban J connectivity index is 1.70. The highest BCUT2D eigenvalue weighted by Gasteiger charge is 2.19. The number of nitrogens with zero attached hydrogens (tertiary/aromatic N) is 4. The minimum atomic E-state index is -0.386. The highest BCUT2D eigenvalue weighted by atomic mass is 16.5. The van der Waals surface area contributed by atoms with Crippen LogP contribution in [0.3, 0.4) is 0 Å². The van der Waals surface area contributed by atoms with Crippen molar-refractivity contribution in [1.82, 2.24) is 15.0 Å². The standard InChI is InChI=1S/C26H27N5O5/c1-5-36-24(32)16-31(19-12-17-8-6-7-9-20(17)28-15-19)23-10-11-27-26(30-23)29-18-13-21(33-2)25(35-4)22(14-18)34-3/h6-15H,5,16H2,1-4H3,(H,27,29,30). The monoisotopic (exact) mass is 489 g/mol. The van der Waals surface area contributed by atoms with Gasteiger partial charge in [0.05, 0.1) is 45.3 Å². The molecule has 4 rings (SSSR count). The van der Waals surface area contributed by atoms with Crippen LogP contribution < -0.4 is 24.4 Å². The van der Waals surface area contributed by atoms with E-state index in [1.54, 1.807) is 63.7 Å². The van der Waals surface area contributed by atoms with Gasteiger partial charge in [0.15, 0.2) is 11.5 Å². The number of ether oxygens (including phenoxy) is 4. The molecule has 0 saturated heterocycles. The Bertz CT molecular complexity index is 1340. The molecule has 10 heteroatoms. The van der Waals surface area contributed by atoms with Crippen molar-refractivity contribution in [2.75, 3.05) is 44.7 Å². The zero-order chi connectivity index (χ0) is 25.5. The molecule has 0 amide bonds. The van der Waals surface area contributed by atoms with Crippen molar-refractivity contribution in [2.45, 2.75) is 6.92 Å². The van der Waals surface area contributed by atoms with Crippen LogP contribution >= 0.6 is 0 Å². The first-order valence-electron chi connectivity index (χ1n) is 11.2. The smallest absolute Gasteiger partial charge is 0.326 e. The summed E-state index contributed by atoms with van der Waals surface area (Å²) in [4.78, 5) is 27.7. The van der Waals surface area contributed by atoms with Crippen molar-refractivity contribution in [3.8, 4) is 17.2 Å². The van der Waals surface area contributed by atoms with Gasteiger partial charge >= 0.3 is 5.97 Å². The molecule has 2 aromatic carbocycles. The molecule has 0 atom stereocenters. The normalized spacial score (nSPS) is 10.6. The number of carbonyl (C=O) groups is 1. The first-order chi connectivity index (χ1) is 17.6. The Labute approximate surface area is 208 Å². The Kier molecular flexibility index (Phi) is 7.64. The molecule has 4 aromatic rings. The van der Waals surface area contributed by atoms with Crippen LogP contribution in [0.2, 0.25) is 0 Å². The van der Waals surface area contributed by atoms with Crippen molar-refractivity contribution in [3.05, 3.63) is 60.9 Å².